The summed E-state index contributed by atoms with van der Waals surface area (Å²) in [5, 5.41) is 3.92. The Hall–Kier alpha value is -4.01. The number of ether oxygens (including phenoxy) is 1. The maximum Gasteiger partial charge on any atom is 0.339 e. The second kappa shape index (κ2) is 7.78. The zero-order chi connectivity index (χ0) is 21.3. The van der Waals surface area contributed by atoms with E-state index in [1.54, 1.807) is 31.2 Å². The smallest absolute Gasteiger partial charge is 0.339 e. The molecule has 2 heterocycles. The van der Waals surface area contributed by atoms with E-state index in [0.29, 0.717) is 18.2 Å². The highest BCUT2D eigenvalue weighted by molar-refractivity contribution is 6.52. The van der Waals surface area contributed by atoms with Crippen LogP contribution in [0.3, 0.4) is 0 Å². The number of carbonyl (C=O) groups is 3. The van der Waals surface area contributed by atoms with Crippen molar-refractivity contribution >= 4 is 23.5 Å². The van der Waals surface area contributed by atoms with Crippen LogP contribution in [-0.4, -0.2) is 39.5 Å². The van der Waals surface area contributed by atoms with Gasteiger partial charge >= 0.3 is 17.8 Å². The summed E-state index contributed by atoms with van der Waals surface area (Å²) in [6, 6.07) is 13.2. The number of para-hydroxylation sites is 2. The van der Waals surface area contributed by atoms with Crippen molar-refractivity contribution in [1.82, 2.24) is 15.0 Å². The number of hydrogen-bond acceptors (Lipinski definition) is 7. The third-order valence-corrected chi connectivity index (χ3v) is 4.61. The quantitative estimate of drug-likeness (QED) is 0.458. The van der Waals surface area contributed by atoms with Crippen molar-refractivity contribution in [3.8, 4) is 17.1 Å². The second-order valence-corrected chi connectivity index (χ2v) is 6.54. The normalized spacial score (nSPS) is 14.0. The van der Waals surface area contributed by atoms with Crippen molar-refractivity contribution in [2.75, 3.05) is 11.5 Å². The number of benzene rings is 2. The number of aryl methyl sites for hydroxylation is 1. The van der Waals surface area contributed by atoms with Gasteiger partial charge in [0.2, 0.25) is 11.7 Å². The lowest BCUT2D eigenvalue weighted by Gasteiger charge is -2.17. The minimum absolute atomic E-state index is 0.0442. The molecule has 2 aromatic carbocycles. The molecule has 0 radical (unpaired) electrons. The van der Waals surface area contributed by atoms with Crippen molar-refractivity contribution < 1.29 is 23.6 Å². The number of imide groups is 2. The van der Waals surface area contributed by atoms with Crippen LogP contribution < -0.4 is 9.64 Å². The van der Waals surface area contributed by atoms with Crippen LogP contribution >= 0.6 is 0 Å². The number of carbonyl (C=O) groups excluding carboxylic acids is 3. The van der Waals surface area contributed by atoms with Gasteiger partial charge in [-0.15, -0.1) is 0 Å². The Morgan fingerprint density at radius 1 is 1.00 bits per heavy atom. The van der Waals surface area contributed by atoms with Crippen LogP contribution in [0.25, 0.3) is 11.4 Å². The third kappa shape index (κ3) is 3.30. The lowest BCUT2D eigenvalue weighted by atomic mass is 10.1. The SMILES string of the molecule is CCOc1ccccc1N1C(=O)C(=O)N(Cc2nc(-c3ccccc3C)no2)C1=O. The molecular weight excluding hydrogens is 388 g/mol. The predicted octanol–water partition coefficient (Wildman–Crippen LogP) is 2.94. The van der Waals surface area contributed by atoms with Crippen LogP contribution in [-0.2, 0) is 16.1 Å². The maximum atomic E-state index is 12.9. The fourth-order valence-electron chi connectivity index (χ4n) is 3.16. The molecule has 4 amide bonds. The highest BCUT2D eigenvalue weighted by Gasteiger charge is 2.47. The van der Waals surface area contributed by atoms with Crippen LogP contribution in [0.2, 0.25) is 0 Å². The minimum Gasteiger partial charge on any atom is -0.492 e. The van der Waals surface area contributed by atoms with Gasteiger partial charge in [0, 0.05) is 5.56 Å². The van der Waals surface area contributed by atoms with Crippen LogP contribution in [0, 0.1) is 6.92 Å². The molecule has 4 rings (SSSR count). The molecule has 30 heavy (non-hydrogen) atoms. The summed E-state index contributed by atoms with van der Waals surface area (Å²) < 4.78 is 10.7. The second-order valence-electron chi connectivity index (χ2n) is 6.54. The number of anilines is 1. The van der Waals surface area contributed by atoms with E-state index < -0.39 is 17.8 Å². The van der Waals surface area contributed by atoms with Gasteiger partial charge in [-0.2, -0.15) is 4.98 Å². The van der Waals surface area contributed by atoms with Gasteiger partial charge in [-0.1, -0.05) is 41.6 Å². The Bertz CT molecular complexity index is 1140. The van der Waals surface area contributed by atoms with Gasteiger partial charge in [0.1, 0.15) is 12.3 Å². The van der Waals surface area contributed by atoms with E-state index >= 15 is 0 Å². The summed E-state index contributed by atoms with van der Waals surface area (Å²) in [5.74, 6) is -1.22. The maximum absolute atomic E-state index is 12.9. The predicted molar refractivity (Wildman–Crippen MR) is 106 cm³/mol. The summed E-state index contributed by atoms with van der Waals surface area (Å²) in [6.45, 7) is 3.72. The number of aromatic nitrogens is 2. The van der Waals surface area contributed by atoms with Crippen LogP contribution in [0.4, 0.5) is 10.5 Å². The molecule has 0 saturated carbocycles. The van der Waals surface area contributed by atoms with Crippen LogP contribution in [0.1, 0.15) is 18.4 Å². The molecule has 1 saturated heterocycles. The molecule has 0 atom stereocenters. The standard InChI is InChI=1S/C21H18N4O5/c1-3-29-16-11-7-6-10-15(16)25-20(27)19(26)24(21(25)28)12-17-22-18(23-30-17)14-9-5-4-8-13(14)2/h4-11H,3,12H2,1-2H3. The molecule has 9 heteroatoms. The molecule has 0 aliphatic carbocycles. The molecule has 1 fully saturated rings. The molecule has 0 unspecified atom stereocenters. The van der Waals surface area contributed by atoms with E-state index in [1.165, 1.54) is 0 Å². The summed E-state index contributed by atoms with van der Waals surface area (Å²) in [5.41, 5.74) is 1.93. The Labute approximate surface area is 171 Å². The molecular formula is C21H18N4O5. The summed E-state index contributed by atoms with van der Waals surface area (Å²) in [6.07, 6.45) is 0. The van der Waals surface area contributed by atoms with Gasteiger partial charge in [-0.05, 0) is 31.5 Å². The summed E-state index contributed by atoms with van der Waals surface area (Å²) >= 11 is 0. The zero-order valence-corrected chi connectivity index (χ0v) is 16.4. The fraction of sp³-hybridized carbons (Fsp3) is 0.190. The van der Waals surface area contributed by atoms with E-state index in [9.17, 15) is 14.4 Å². The third-order valence-electron chi connectivity index (χ3n) is 4.61. The van der Waals surface area contributed by atoms with Crippen LogP contribution in [0.5, 0.6) is 5.75 Å². The van der Waals surface area contributed by atoms with E-state index in [0.717, 1.165) is 20.9 Å². The van der Waals surface area contributed by atoms with Gasteiger partial charge in [-0.3, -0.25) is 9.59 Å². The summed E-state index contributed by atoms with van der Waals surface area (Å²) in [7, 11) is 0. The largest absolute Gasteiger partial charge is 0.492 e. The van der Waals surface area contributed by atoms with E-state index in [1.807, 2.05) is 31.2 Å². The molecule has 1 aliphatic rings. The highest BCUT2D eigenvalue weighted by atomic mass is 16.5. The first kappa shape index (κ1) is 19.3. The average molecular weight is 406 g/mol. The number of nitrogens with zero attached hydrogens (tertiary/aromatic N) is 4. The molecule has 3 aromatic rings. The average Bonchev–Trinajstić information content (AvgIpc) is 3.28. The first-order valence-electron chi connectivity index (χ1n) is 9.31. The minimum atomic E-state index is -0.970. The van der Waals surface area contributed by atoms with Gasteiger partial charge in [0.25, 0.3) is 0 Å². The van der Waals surface area contributed by atoms with E-state index in [4.69, 9.17) is 9.26 Å². The topological polar surface area (TPSA) is 106 Å². The Morgan fingerprint density at radius 2 is 1.73 bits per heavy atom. The lowest BCUT2D eigenvalue weighted by Crippen LogP contribution is -2.33. The first-order chi connectivity index (χ1) is 14.5. The molecule has 0 N–H and O–H groups in total. The molecule has 152 valence electrons. The van der Waals surface area contributed by atoms with E-state index in [-0.39, 0.29) is 18.1 Å². The van der Waals surface area contributed by atoms with Gasteiger partial charge in [-0.25, -0.2) is 14.6 Å². The Morgan fingerprint density at radius 3 is 2.50 bits per heavy atom. The van der Waals surface area contributed by atoms with Crippen molar-refractivity contribution in [2.24, 2.45) is 0 Å². The van der Waals surface area contributed by atoms with E-state index in [2.05, 4.69) is 10.1 Å². The van der Waals surface area contributed by atoms with Crippen LogP contribution in [0.15, 0.2) is 53.1 Å². The molecule has 9 nitrogen and oxygen atoms in total. The number of rotatable bonds is 6. The Kier molecular flexibility index (Phi) is 5.01. The molecule has 0 bridgehead atoms. The number of amides is 4. The first-order valence-corrected chi connectivity index (χ1v) is 9.31. The Balaban J connectivity index is 1.60. The highest BCUT2D eigenvalue weighted by Crippen LogP contribution is 2.32. The summed E-state index contributed by atoms with van der Waals surface area (Å²) in [4.78, 5) is 43.7. The zero-order valence-electron chi connectivity index (χ0n) is 16.4. The molecule has 0 spiro atoms. The number of hydrogen-bond donors (Lipinski definition) is 0. The van der Waals surface area contributed by atoms with Gasteiger partial charge in [0.05, 0.1) is 12.3 Å². The number of urea groups is 1. The van der Waals surface area contributed by atoms with Gasteiger partial charge < -0.3 is 9.26 Å². The fourth-order valence-corrected chi connectivity index (χ4v) is 3.16. The molecule has 1 aliphatic heterocycles. The van der Waals surface area contributed by atoms with Crippen molar-refractivity contribution in [3.63, 3.8) is 0 Å². The molecule has 1 aromatic heterocycles. The van der Waals surface area contributed by atoms with Gasteiger partial charge in [0.15, 0.2) is 0 Å². The monoisotopic (exact) mass is 406 g/mol. The lowest BCUT2D eigenvalue weighted by molar-refractivity contribution is -0.139. The van der Waals surface area contributed by atoms with Crippen molar-refractivity contribution in [1.29, 1.82) is 0 Å². The van der Waals surface area contributed by atoms with Crippen molar-refractivity contribution in [2.45, 2.75) is 20.4 Å². The van der Waals surface area contributed by atoms with Crippen molar-refractivity contribution in [3.05, 3.63) is 60.0 Å².